The van der Waals surface area contributed by atoms with Gasteiger partial charge >= 0.3 is 0 Å². The number of carbonyl (C=O) groups excluding carboxylic acids is 1. The molecule has 3 N–H and O–H groups in total. The topological polar surface area (TPSA) is 58.4 Å². The average molecular weight is 395 g/mol. The van der Waals surface area contributed by atoms with Crippen LogP contribution in [0.1, 0.15) is 38.5 Å². The van der Waals surface area contributed by atoms with Crippen molar-refractivity contribution in [3.05, 3.63) is 29.3 Å². The zero-order valence-electron chi connectivity index (χ0n) is 13.7. The Labute approximate surface area is 161 Å². The second kappa shape index (κ2) is 9.14. The summed E-state index contributed by atoms with van der Waals surface area (Å²) in [5.74, 6) is 0.0241. The highest BCUT2D eigenvalue weighted by Crippen LogP contribution is 2.29. The maximum Gasteiger partial charge on any atom is 0.240 e. The Kier molecular flexibility index (Phi) is 8.13. The second-order valence-corrected chi connectivity index (χ2v) is 6.98. The third-order valence-corrected chi connectivity index (χ3v) is 5.22. The number of nitrogens with zero attached hydrogens (tertiary/aromatic N) is 1. The summed E-state index contributed by atoms with van der Waals surface area (Å²) in [4.78, 5) is 14.7. The number of nitrogens with one attached hydrogen (secondary N) is 1. The van der Waals surface area contributed by atoms with E-state index in [1.54, 1.807) is 0 Å². The van der Waals surface area contributed by atoms with Crippen LogP contribution >= 0.6 is 36.4 Å². The lowest BCUT2D eigenvalue weighted by molar-refractivity contribution is -0.126. The molecule has 1 aromatic rings. The minimum absolute atomic E-state index is 0. The molecule has 0 bridgehead atoms. The summed E-state index contributed by atoms with van der Waals surface area (Å²) in [5.41, 5.74) is 6.64. The number of para-hydroxylation sites is 1. The van der Waals surface area contributed by atoms with E-state index in [1.165, 1.54) is 0 Å². The van der Waals surface area contributed by atoms with Crippen LogP contribution in [0, 0.1) is 0 Å². The molecular weight excluding hydrogens is 369 g/mol. The lowest BCUT2D eigenvalue weighted by Gasteiger charge is -2.36. The molecule has 1 atom stereocenters. The molecule has 1 aliphatic carbocycles. The summed E-state index contributed by atoms with van der Waals surface area (Å²) in [5, 5.41) is 3.94. The van der Waals surface area contributed by atoms with Crippen LogP contribution in [0.4, 0.5) is 5.69 Å². The monoisotopic (exact) mass is 393 g/mol. The Bertz CT molecular complexity index is 550. The summed E-state index contributed by atoms with van der Waals surface area (Å²) in [7, 11) is 0. The normalized spacial score (nSPS) is 22.2. The van der Waals surface area contributed by atoms with Crippen molar-refractivity contribution in [3.8, 4) is 0 Å². The first-order valence-electron chi connectivity index (χ1n) is 8.18. The van der Waals surface area contributed by atoms with Gasteiger partial charge in [-0.15, -0.1) is 24.8 Å². The van der Waals surface area contributed by atoms with Crippen molar-refractivity contribution in [2.45, 2.75) is 50.1 Å². The Balaban J connectivity index is 0.00000144. The molecule has 24 heavy (non-hydrogen) atoms. The zero-order valence-corrected chi connectivity index (χ0v) is 16.1. The average Bonchev–Trinajstić information content (AvgIpc) is 2.96. The zero-order chi connectivity index (χ0) is 15.6. The van der Waals surface area contributed by atoms with E-state index in [1.807, 2.05) is 24.3 Å². The van der Waals surface area contributed by atoms with E-state index >= 15 is 0 Å². The fraction of sp³-hybridized carbons (Fsp3) is 0.588. The third kappa shape index (κ3) is 4.69. The summed E-state index contributed by atoms with van der Waals surface area (Å²) in [6, 6.07) is 8.03. The highest BCUT2D eigenvalue weighted by atomic mass is 35.5. The Morgan fingerprint density at radius 3 is 2.54 bits per heavy atom. The predicted molar refractivity (Wildman–Crippen MR) is 105 cm³/mol. The maximum absolute atomic E-state index is 12.5. The highest BCUT2D eigenvalue weighted by molar-refractivity contribution is 6.33. The molecule has 2 aliphatic rings. The van der Waals surface area contributed by atoms with E-state index in [0.29, 0.717) is 0 Å². The van der Waals surface area contributed by atoms with Gasteiger partial charge in [0.15, 0.2) is 0 Å². The molecule has 1 saturated carbocycles. The van der Waals surface area contributed by atoms with Gasteiger partial charge in [0.25, 0.3) is 0 Å². The Morgan fingerprint density at radius 2 is 1.88 bits per heavy atom. The molecule has 3 rings (SSSR count). The minimum atomic E-state index is -0.646. The molecule has 1 heterocycles. The van der Waals surface area contributed by atoms with Crippen LogP contribution in [0.3, 0.4) is 0 Å². The van der Waals surface area contributed by atoms with Crippen LogP contribution in [0.5, 0.6) is 0 Å². The lowest BCUT2D eigenvalue weighted by Crippen LogP contribution is -2.57. The molecule has 2 fully saturated rings. The SMILES string of the molecule is Cl.Cl.NC1(C(=O)NC2CCCN(c3ccccc3Cl)C2)CCCC1. The van der Waals surface area contributed by atoms with Crippen molar-refractivity contribution >= 4 is 48.0 Å². The molecule has 4 nitrogen and oxygen atoms in total. The highest BCUT2D eigenvalue weighted by Gasteiger charge is 2.38. The minimum Gasteiger partial charge on any atom is -0.368 e. The number of hydrogen-bond donors (Lipinski definition) is 2. The number of rotatable bonds is 3. The summed E-state index contributed by atoms with van der Waals surface area (Å²) < 4.78 is 0. The second-order valence-electron chi connectivity index (χ2n) is 6.57. The largest absolute Gasteiger partial charge is 0.368 e. The van der Waals surface area contributed by atoms with Crippen LogP contribution < -0.4 is 16.0 Å². The molecule has 1 amide bonds. The van der Waals surface area contributed by atoms with Crippen LogP contribution in [-0.2, 0) is 4.79 Å². The van der Waals surface area contributed by atoms with Gasteiger partial charge in [0, 0.05) is 19.1 Å². The van der Waals surface area contributed by atoms with Crippen molar-refractivity contribution in [1.29, 1.82) is 0 Å². The van der Waals surface area contributed by atoms with E-state index in [9.17, 15) is 4.79 Å². The van der Waals surface area contributed by atoms with E-state index < -0.39 is 5.54 Å². The van der Waals surface area contributed by atoms with Gasteiger partial charge in [-0.25, -0.2) is 0 Å². The third-order valence-electron chi connectivity index (χ3n) is 4.90. The standard InChI is InChI=1S/C17H24ClN3O.2ClH/c18-14-7-1-2-8-15(14)21-11-5-6-13(12-21)20-16(22)17(19)9-3-4-10-17;;/h1-2,7-8,13H,3-6,9-12,19H2,(H,20,22);2*1H. The fourth-order valence-corrected chi connectivity index (χ4v) is 3.84. The van der Waals surface area contributed by atoms with Crippen LogP contribution in [0.15, 0.2) is 24.3 Å². The summed E-state index contributed by atoms with van der Waals surface area (Å²) in [6.45, 7) is 1.77. The van der Waals surface area contributed by atoms with Crippen LogP contribution in [0.25, 0.3) is 0 Å². The first-order valence-corrected chi connectivity index (χ1v) is 8.56. The van der Waals surface area contributed by atoms with Gasteiger partial charge in [0.2, 0.25) is 5.91 Å². The van der Waals surface area contributed by atoms with Gasteiger partial charge in [0.1, 0.15) is 0 Å². The number of carbonyl (C=O) groups is 1. The van der Waals surface area contributed by atoms with Crippen LogP contribution in [-0.4, -0.2) is 30.6 Å². The first kappa shape index (κ1) is 21.4. The first-order chi connectivity index (χ1) is 10.6. The van der Waals surface area contributed by atoms with Gasteiger partial charge in [-0.3, -0.25) is 4.79 Å². The number of hydrogen-bond acceptors (Lipinski definition) is 3. The number of amides is 1. The molecule has 136 valence electrons. The Morgan fingerprint density at radius 1 is 1.21 bits per heavy atom. The molecule has 0 radical (unpaired) electrons. The molecule has 0 aromatic heterocycles. The molecule has 1 saturated heterocycles. The smallest absolute Gasteiger partial charge is 0.240 e. The van der Waals surface area contributed by atoms with E-state index in [2.05, 4.69) is 10.2 Å². The van der Waals surface area contributed by atoms with Crippen molar-refractivity contribution in [1.82, 2.24) is 5.32 Å². The molecule has 1 aromatic carbocycles. The molecular formula is C17H26Cl3N3O. The number of halogens is 3. The molecule has 1 unspecified atom stereocenters. The van der Waals surface area contributed by atoms with Gasteiger partial charge in [-0.1, -0.05) is 36.6 Å². The van der Waals surface area contributed by atoms with Crippen molar-refractivity contribution in [2.24, 2.45) is 5.73 Å². The number of nitrogens with two attached hydrogens (primary N) is 1. The van der Waals surface area contributed by atoms with Crippen LogP contribution in [0.2, 0.25) is 5.02 Å². The summed E-state index contributed by atoms with van der Waals surface area (Å²) >= 11 is 6.29. The summed E-state index contributed by atoms with van der Waals surface area (Å²) in [6.07, 6.45) is 5.77. The quantitative estimate of drug-likeness (QED) is 0.824. The predicted octanol–water partition coefficient (Wildman–Crippen LogP) is 3.54. The molecule has 1 aliphatic heterocycles. The maximum atomic E-state index is 12.5. The Hall–Kier alpha value is -0.680. The fourth-order valence-electron chi connectivity index (χ4n) is 3.58. The number of piperidine rings is 1. The van der Waals surface area contributed by atoms with Gasteiger partial charge < -0.3 is 16.0 Å². The van der Waals surface area contributed by atoms with Gasteiger partial charge in [0.05, 0.1) is 16.2 Å². The number of anilines is 1. The number of benzene rings is 1. The molecule has 7 heteroatoms. The van der Waals surface area contributed by atoms with Crippen molar-refractivity contribution in [2.75, 3.05) is 18.0 Å². The lowest BCUT2D eigenvalue weighted by atomic mass is 9.96. The van der Waals surface area contributed by atoms with E-state index in [0.717, 1.165) is 62.3 Å². The van der Waals surface area contributed by atoms with E-state index in [4.69, 9.17) is 17.3 Å². The van der Waals surface area contributed by atoms with E-state index in [-0.39, 0.29) is 36.8 Å². The van der Waals surface area contributed by atoms with Gasteiger partial charge in [-0.2, -0.15) is 0 Å². The van der Waals surface area contributed by atoms with Gasteiger partial charge in [-0.05, 0) is 37.8 Å². The van der Waals surface area contributed by atoms with Crippen molar-refractivity contribution < 1.29 is 4.79 Å². The molecule has 0 spiro atoms. The van der Waals surface area contributed by atoms with Crippen molar-refractivity contribution in [3.63, 3.8) is 0 Å².